The van der Waals surface area contributed by atoms with E-state index in [2.05, 4.69) is 15.3 Å². The van der Waals surface area contributed by atoms with Gasteiger partial charge < -0.3 is 14.7 Å². The molecule has 6 aromatic rings. The maximum Gasteiger partial charge on any atom is 0.255 e. The molecule has 0 saturated carbocycles. The number of carbonyl (C=O) groups is 1. The number of nitrogens with zero attached hydrogens (tertiary/aromatic N) is 2. The minimum absolute atomic E-state index is 0.254. The third-order valence-electron chi connectivity index (χ3n) is 7.08. The van der Waals surface area contributed by atoms with Crippen LogP contribution in [0.15, 0.2) is 89.5 Å². The molecule has 3 aromatic carbocycles. The van der Waals surface area contributed by atoms with Gasteiger partial charge in [-0.15, -0.1) is 0 Å². The average Bonchev–Trinajstić information content (AvgIpc) is 3.57. The Hall–Kier alpha value is -4.96. The summed E-state index contributed by atoms with van der Waals surface area (Å²) >= 11 is 0. The number of nitrogens with one attached hydrogen (secondary N) is 2. The number of aromatic nitrogens is 2. The molecule has 1 amide bonds. The lowest BCUT2D eigenvalue weighted by molar-refractivity contribution is 0.0964. The topological polar surface area (TPSA) is 108 Å². The molecule has 8 nitrogen and oxygen atoms in total. The normalized spacial score (nSPS) is 11.7. The van der Waals surface area contributed by atoms with Crippen LogP contribution in [0.5, 0.6) is 0 Å². The first kappa shape index (κ1) is 26.3. The highest BCUT2D eigenvalue weighted by atomic mass is 32.2. The van der Waals surface area contributed by atoms with E-state index < -0.39 is 21.7 Å². The van der Waals surface area contributed by atoms with Crippen LogP contribution in [0.3, 0.4) is 0 Å². The third kappa shape index (κ3) is 4.72. The summed E-state index contributed by atoms with van der Waals surface area (Å²) in [5, 5.41) is 3.15. The van der Waals surface area contributed by atoms with Gasteiger partial charge in [-0.25, -0.2) is 12.8 Å². The lowest BCUT2D eigenvalue weighted by atomic mass is 9.97. The largest absolute Gasteiger partial charge is 0.455 e. The molecular formula is C31H25FN4O4S. The number of rotatable bonds is 6. The molecule has 0 spiro atoms. The van der Waals surface area contributed by atoms with E-state index in [4.69, 9.17) is 4.42 Å². The summed E-state index contributed by atoms with van der Waals surface area (Å²) < 4.78 is 46.4. The fourth-order valence-electron chi connectivity index (χ4n) is 4.92. The van der Waals surface area contributed by atoms with Gasteiger partial charge in [0.25, 0.3) is 5.91 Å². The van der Waals surface area contributed by atoms with Crippen LogP contribution in [0.4, 0.5) is 10.1 Å². The SMILES string of the molecule is CNC(=O)c1c(-c2ccc(F)cc2)oc2cc(N(C)S(C)(=O)=O)c(-c3cccc(-c4cc5ncccc5[nH]4)c3)cc12. The second kappa shape index (κ2) is 9.90. The lowest BCUT2D eigenvalue weighted by Crippen LogP contribution is -2.25. The van der Waals surface area contributed by atoms with Crippen molar-refractivity contribution in [2.75, 3.05) is 24.7 Å². The number of halogens is 1. The number of amides is 1. The van der Waals surface area contributed by atoms with Gasteiger partial charge in [0.2, 0.25) is 10.0 Å². The van der Waals surface area contributed by atoms with Crippen LogP contribution in [0.1, 0.15) is 10.4 Å². The molecule has 0 bridgehead atoms. The van der Waals surface area contributed by atoms with Crippen LogP contribution in [-0.4, -0.2) is 44.6 Å². The number of hydrogen-bond acceptors (Lipinski definition) is 5. The summed E-state index contributed by atoms with van der Waals surface area (Å²) in [7, 11) is -0.676. The first-order chi connectivity index (χ1) is 19.6. The van der Waals surface area contributed by atoms with Crippen molar-refractivity contribution in [1.82, 2.24) is 15.3 Å². The Kier molecular flexibility index (Phi) is 6.34. The molecule has 0 unspecified atom stereocenters. The van der Waals surface area contributed by atoms with E-state index in [1.807, 2.05) is 42.5 Å². The molecule has 3 aromatic heterocycles. The maximum absolute atomic E-state index is 13.7. The molecule has 0 saturated heterocycles. The number of carbonyl (C=O) groups excluding carboxylic acids is 1. The van der Waals surface area contributed by atoms with E-state index in [1.165, 1.54) is 42.7 Å². The van der Waals surface area contributed by atoms with Crippen LogP contribution in [0.2, 0.25) is 0 Å². The summed E-state index contributed by atoms with van der Waals surface area (Å²) in [6.45, 7) is 0. The number of sulfonamides is 1. The van der Waals surface area contributed by atoms with Gasteiger partial charge in [-0.1, -0.05) is 18.2 Å². The Balaban J connectivity index is 1.61. The van der Waals surface area contributed by atoms with Gasteiger partial charge >= 0.3 is 0 Å². The summed E-state index contributed by atoms with van der Waals surface area (Å²) in [6.07, 6.45) is 2.85. The molecule has 2 N–H and O–H groups in total. The van der Waals surface area contributed by atoms with Crippen molar-refractivity contribution in [3.63, 3.8) is 0 Å². The predicted octanol–water partition coefficient (Wildman–Crippen LogP) is 6.20. The van der Waals surface area contributed by atoms with E-state index in [1.54, 1.807) is 18.3 Å². The third-order valence-corrected chi connectivity index (χ3v) is 8.27. The zero-order valence-electron chi connectivity index (χ0n) is 22.4. The number of anilines is 1. The van der Waals surface area contributed by atoms with E-state index in [9.17, 15) is 17.6 Å². The monoisotopic (exact) mass is 568 g/mol. The Morgan fingerprint density at radius 3 is 2.44 bits per heavy atom. The quantitative estimate of drug-likeness (QED) is 0.249. The summed E-state index contributed by atoms with van der Waals surface area (Å²) in [6, 6.07) is 22.4. The van der Waals surface area contributed by atoms with Gasteiger partial charge in [-0.3, -0.25) is 14.1 Å². The summed E-state index contributed by atoms with van der Waals surface area (Å²) in [5.74, 6) is -0.558. The fourth-order valence-corrected chi connectivity index (χ4v) is 5.43. The van der Waals surface area contributed by atoms with Crippen molar-refractivity contribution >= 4 is 43.6 Å². The molecule has 41 heavy (non-hydrogen) atoms. The van der Waals surface area contributed by atoms with Crippen molar-refractivity contribution in [2.24, 2.45) is 0 Å². The maximum atomic E-state index is 13.7. The number of furan rings is 1. The standard InChI is InChI=1S/C31H25FN4O4S/c1-33-31(37)29-23-15-22(19-6-4-7-20(14-19)25-16-26-24(35-25)8-5-13-34-26)27(36(2)41(3,38)39)17-28(23)40-30(29)18-9-11-21(32)12-10-18/h4-17,35H,1-3H3,(H,33,37). The van der Waals surface area contributed by atoms with Gasteiger partial charge in [0, 0.05) is 48.6 Å². The Morgan fingerprint density at radius 2 is 1.73 bits per heavy atom. The van der Waals surface area contributed by atoms with Crippen molar-refractivity contribution in [3.05, 3.63) is 96.4 Å². The van der Waals surface area contributed by atoms with Crippen molar-refractivity contribution in [1.29, 1.82) is 0 Å². The number of pyridine rings is 1. The van der Waals surface area contributed by atoms with Gasteiger partial charge in [-0.2, -0.15) is 0 Å². The zero-order valence-corrected chi connectivity index (χ0v) is 23.2. The van der Waals surface area contributed by atoms with Crippen LogP contribution >= 0.6 is 0 Å². The molecule has 3 heterocycles. The second-order valence-corrected chi connectivity index (χ2v) is 11.7. The van der Waals surface area contributed by atoms with E-state index >= 15 is 0 Å². The highest BCUT2D eigenvalue weighted by Gasteiger charge is 2.26. The molecule has 0 aliphatic carbocycles. The Bertz CT molecular complexity index is 2030. The molecular weight excluding hydrogens is 543 g/mol. The zero-order chi connectivity index (χ0) is 28.9. The van der Waals surface area contributed by atoms with Gasteiger partial charge in [0.1, 0.15) is 17.2 Å². The average molecular weight is 569 g/mol. The number of hydrogen-bond donors (Lipinski definition) is 2. The highest BCUT2D eigenvalue weighted by molar-refractivity contribution is 7.92. The molecule has 0 aliphatic rings. The van der Waals surface area contributed by atoms with Crippen molar-refractivity contribution in [2.45, 2.75) is 0 Å². The van der Waals surface area contributed by atoms with Gasteiger partial charge in [0.05, 0.1) is 28.5 Å². The van der Waals surface area contributed by atoms with Crippen LogP contribution in [0, 0.1) is 5.82 Å². The number of fused-ring (bicyclic) bond motifs is 2. The van der Waals surface area contributed by atoms with Crippen LogP contribution < -0.4 is 9.62 Å². The minimum atomic E-state index is -3.66. The van der Waals surface area contributed by atoms with Crippen molar-refractivity contribution < 1.29 is 22.0 Å². The molecule has 10 heteroatoms. The molecule has 0 aliphatic heterocycles. The highest BCUT2D eigenvalue weighted by Crippen LogP contribution is 2.42. The minimum Gasteiger partial charge on any atom is -0.455 e. The number of benzene rings is 3. The Labute approximate surface area is 235 Å². The first-order valence-electron chi connectivity index (χ1n) is 12.7. The Morgan fingerprint density at radius 1 is 0.976 bits per heavy atom. The summed E-state index contributed by atoms with van der Waals surface area (Å²) in [5.41, 5.74) is 6.23. The predicted molar refractivity (Wildman–Crippen MR) is 159 cm³/mol. The van der Waals surface area contributed by atoms with Crippen LogP contribution in [0.25, 0.3) is 55.7 Å². The van der Waals surface area contributed by atoms with E-state index in [0.29, 0.717) is 27.8 Å². The lowest BCUT2D eigenvalue weighted by Gasteiger charge is -2.21. The second-order valence-electron chi connectivity index (χ2n) is 9.69. The van der Waals surface area contributed by atoms with Crippen molar-refractivity contribution in [3.8, 4) is 33.7 Å². The fraction of sp³-hybridized carbons (Fsp3) is 0.0968. The van der Waals surface area contributed by atoms with Gasteiger partial charge in [-0.05, 0) is 65.7 Å². The number of aromatic amines is 1. The molecule has 6 rings (SSSR count). The van der Waals surface area contributed by atoms with E-state index in [-0.39, 0.29) is 11.3 Å². The molecule has 206 valence electrons. The molecule has 0 radical (unpaired) electrons. The summed E-state index contributed by atoms with van der Waals surface area (Å²) in [4.78, 5) is 20.9. The number of H-pyrrole nitrogens is 1. The smallest absolute Gasteiger partial charge is 0.255 e. The molecule has 0 atom stereocenters. The van der Waals surface area contributed by atoms with E-state index in [0.717, 1.165) is 34.1 Å². The van der Waals surface area contributed by atoms with Crippen LogP contribution in [-0.2, 0) is 10.0 Å². The van der Waals surface area contributed by atoms with Gasteiger partial charge in [0.15, 0.2) is 0 Å². The first-order valence-corrected chi connectivity index (χ1v) is 14.6. The molecule has 0 fully saturated rings.